The number of benzene rings is 1. The molecule has 2 fully saturated rings. The van der Waals surface area contributed by atoms with Gasteiger partial charge >= 0.3 is 0 Å². The van der Waals surface area contributed by atoms with Crippen molar-refractivity contribution in [2.45, 2.75) is 38.0 Å². The Labute approximate surface area is 147 Å². The van der Waals surface area contributed by atoms with E-state index in [1.54, 1.807) is 0 Å². The number of hydrogen-bond acceptors (Lipinski definition) is 4. The predicted octanol–water partition coefficient (Wildman–Crippen LogP) is 3.49. The van der Waals surface area contributed by atoms with E-state index in [2.05, 4.69) is 34.1 Å². The van der Waals surface area contributed by atoms with Crippen molar-refractivity contribution >= 4 is 27.5 Å². The molecule has 4 rings (SSSR count). The van der Waals surface area contributed by atoms with E-state index in [9.17, 15) is 4.79 Å². The number of piperidine rings is 2. The summed E-state index contributed by atoms with van der Waals surface area (Å²) in [6.07, 6.45) is 5.86. The van der Waals surface area contributed by atoms with Crippen LogP contribution in [0.15, 0.2) is 24.3 Å². The Hall–Kier alpha value is -1.46. The van der Waals surface area contributed by atoms with E-state index in [0.29, 0.717) is 18.4 Å². The van der Waals surface area contributed by atoms with Crippen molar-refractivity contribution in [1.82, 2.24) is 14.8 Å². The van der Waals surface area contributed by atoms with Crippen molar-refractivity contribution in [1.29, 1.82) is 0 Å². The minimum Gasteiger partial charge on any atom is -0.342 e. The number of nitrogens with zero attached hydrogens (tertiary/aromatic N) is 3. The van der Waals surface area contributed by atoms with Crippen LogP contribution in [-0.2, 0) is 4.79 Å². The van der Waals surface area contributed by atoms with Gasteiger partial charge in [0.25, 0.3) is 0 Å². The van der Waals surface area contributed by atoms with Gasteiger partial charge in [-0.05, 0) is 57.3 Å². The summed E-state index contributed by atoms with van der Waals surface area (Å²) < 4.78 is 1.29. The molecule has 0 atom stereocenters. The summed E-state index contributed by atoms with van der Waals surface area (Å²) in [6.45, 7) is 4.55. The largest absolute Gasteiger partial charge is 0.342 e. The standard InChI is InChI=1S/C19H25N3OS/c23-18(22-10-4-1-5-11-22)14-21-12-8-15(9-13-21)19-20-16-6-2-3-7-17(16)24-19/h2-3,6-7,15H,1,4-5,8-14H2. The average molecular weight is 343 g/mol. The number of carbonyl (C=O) groups excluding carboxylic acids is 1. The fourth-order valence-electron chi connectivity index (χ4n) is 3.84. The highest BCUT2D eigenvalue weighted by atomic mass is 32.1. The molecule has 1 amide bonds. The smallest absolute Gasteiger partial charge is 0.236 e. The lowest BCUT2D eigenvalue weighted by Crippen LogP contribution is -2.44. The van der Waals surface area contributed by atoms with Crippen LogP contribution in [0.1, 0.15) is 43.0 Å². The van der Waals surface area contributed by atoms with Crippen LogP contribution in [0, 0.1) is 0 Å². The first-order valence-corrected chi connectivity index (χ1v) is 9.97. The second-order valence-corrected chi connectivity index (χ2v) is 8.07. The SMILES string of the molecule is O=C(CN1CCC(c2nc3ccccc3s2)CC1)N1CCCCC1. The highest BCUT2D eigenvalue weighted by molar-refractivity contribution is 7.18. The van der Waals surface area contributed by atoms with Crippen LogP contribution in [-0.4, -0.2) is 53.4 Å². The van der Waals surface area contributed by atoms with E-state index in [-0.39, 0.29) is 0 Å². The number of aromatic nitrogens is 1. The lowest BCUT2D eigenvalue weighted by Gasteiger charge is -2.33. The number of amides is 1. The van der Waals surface area contributed by atoms with Crippen molar-refractivity contribution in [3.8, 4) is 0 Å². The van der Waals surface area contributed by atoms with E-state index < -0.39 is 0 Å². The van der Waals surface area contributed by atoms with E-state index in [1.807, 2.05) is 11.3 Å². The molecule has 1 aromatic heterocycles. The highest BCUT2D eigenvalue weighted by Gasteiger charge is 2.26. The second-order valence-electron chi connectivity index (χ2n) is 7.01. The van der Waals surface area contributed by atoms with Crippen molar-refractivity contribution < 1.29 is 4.79 Å². The molecule has 0 saturated carbocycles. The molecule has 5 heteroatoms. The van der Waals surface area contributed by atoms with E-state index >= 15 is 0 Å². The minimum absolute atomic E-state index is 0.327. The van der Waals surface area contributed by atoms with Gasteiger partial charge in [-0.25, -0.2) is 4.98 Å². The Morgan fingerprint density at radius 2 is 1.83 bits per heavy atom. The third-order valence-electron chi connectivity index (χ3n) is 5.31. The summed E-state index contributed by atoms with van der Waals surface area (Å²) in [5.74, 6) is 0.886. The second kappa shape index (κ2) is 7.19. The summed E-state index contributed by atoms with van der Waals surface area (Å²) in [5.41, 5.74) is 1.13. The van der Waals surface area contributed by atoms with Crippen molar-refractivity contribution in [3.05, 3.63) is 29.3 Å². The van der Waals surface area contributed by atoms with Gasteiger partial charge in [-0.15, -0.1) is 11.3 Å². The topological polar surface area (TPSA) is 36.4 Å². The molecule has 128 valence electrons. The number of likely N-dealkylation sites (tertiary alicyclic amines) is 2. The zero-order valence-electron chi connectivity index (χ0n) is 14.1. The van der Waals surface area contributed by atoms with Gasteiger partial charge in [0.15, 0.2) is 0 Å². The molecule has 0 aliphatic carbocycles. The van der Waals surface area contributed by atoms with Crippen LogP contribution < -0.4 is 0 Å². The van der Waals surface area contributed by atoms with Gasteiger partial charge in [-0.1, -0.05) is 12.1 Å². The summed E-state index contributed by atoms with van der Waals surface area (Å²) in [7, 11) is 0. The van der Waals surface area contributed by atoms with Crippen LogP contribution in [0.25, 0.3) is 10.2 Å². The maximum atomic E-state index is 12.4. The Bertz CT molecular complexity index is 666. The average Bonchev–Trinajstić information content (AvgIpc) is 3.07. The van der Waals surface area contributed by atoms with Gasteiger partial charge in [0.1, 0.15) is 0 Å². The molecule has 24 heavy (non-hydrogen) atoms. The van der Waals surface area contributed by atoms with Gasteiger partial charge in [0, 0.05) is 19.0 Å². The van der Waals surface area contributed by atoms with Gasteiger partial charge in [-0.3, -0.25) is 9.69 Å². The van der Waals surface area contributed by atoms with Crippen LogP contribution in [0.2, 0.25) is 0 Å². The molecule has 0 unspecified atom stereocenters. The zero-order valence-corrected chi connectivity index (χ0v) is 14.9. The monoisotopic (exact) mass is 343 g/mol. The fourth-order valence-corrected chi connectivity index (χ4v) is 4.97. The van der Waals surface area contributed by atoms with Crippen molar-refractivity contribution in [3.63, 3.8) is 0 Å². The molecule has 4 nitrogen and oxygen atoms in total. The third kappa shape index (κ3) is 3.47. The highest BCUT2D eigenvalue weighted by Crippen LogP contribution is 2.33. The van der Waals surface area contributed by atoms with Crippen molar-refractivity contribution in [2.75, 3.05) is 32.7 Å². The molecular weight excluding hydrogens is 318 g/mol. The number of rotatable bonds is 3. The molecule has 0 radical (unpaired) electrons. The third-order valence-corrected chi connectivity index (χ3v) is 6.51. The van der Waals surface area contributed by atoms with Crippen LogP contribution in [0.4, 0.5) is 0 Å². The number of fused-ring (bicyclic) bond motifs is 1. The maximum absolute atomic E-state index is 12.4. The Kier molecular flexibility index (Phi) is 4.81. The fraction of sp³-hybridized carbons (Fsp3) is 0.579. The Balaban J connectivity index is 1.32. The Morgan fingerprint density at radius 1 is 1.08 bits per heavy atom. The summed E-state index contributed by atoms with van der Waals surface area (Å²) in [4.78, 5) is 21.6. The number of para-hydroxylation sites is 1. The lowest BCUT2D eigenvalue weighted by molar-refractivity contribution is -0.133. The summed E-state index contributed by atoms with van der Waals surface area (Å²) >= 11 is 1.84. The maximum Gasteiger partial charge on any atom is 0.236 e. The molecule has 0 bridgehead atoms. The molecule has 2 aliphatic heterocycles. The first-order valence-electron chi connectivity index (χ1n) is 9.15. The van der Waals surface area contributed by atoms with E-state index in [4.69, 9.17) is 4.98 Å². The number of carbonyl (C=O) groups is 1. The molecule has 1 aromatic carbocycles. The van der Waals surface area contributed by atoms with E-state index in [1.165, 1.54) is 29.0 Å². The van der Waals surface area contributed by atoms with Crippen molar-refractivity contribution in [2.24, 2.45) is 0 Å². The summed E-state index contributed by atoms with van der Waals surface area (Å²) in [6, 6.07) is 8.39. The predicted molar refractivity (Wildman–Crippen MR) is 98.5 cm³/mol. The van der Waals surface area contributed by atoms with E-state index in [0.717, 1.165) is 44.5 Å². The quantitative estimate of drug-likeness (QED) is 0.856. The lowest BCUT2D eigenvalue weighted by atomic mass is 9.97. The minimum atomic E-state index is 0.327. The molecule has 0 spiro atoms. The summed E-state index contributed by atoms with van der Waals surface area (Å²) in [5, 5.41) is 1.28. The normalized spacial score (nSPS) is 20.6. The number of thiazole rings is 1. The van der Waals surface area contributed by atoms with Gasteiger partial charge in [0.05, 0.1) is 21.8 Å². The molecule has 2 aliphatic rings. The van der Waals surface area contributed by atoms with Crippen LogP contribution in [0.5, 0.6) is 0 Å². The zero-order chi connectivity index (χ0) is 16.4. The molecule has 3 heterocycles. The first kappa shape index (κ1) is 16.0. The van der Waals surface area contributed by atoms with Gasteiger partial charge < -0.3 is 4.90 Å². The Morgan fingerprint density at radius 3 is 2.58 bits per heavy atom. The van der Waals surface area contributed by atoms with Crippen LogP contribution >= 0.6 is 11.3 Å². The molecule has 0 N–H and O–H groups in total. The number of hydrogen-bond donors (Lipinski definition) is 0. The first-order chi connectivity index (χ1) is 11.8. The van der Waals surface area contributed by atoms with Gasteiger partial charge in [-0.2, -0.15) is 0 Å². The molecular formula is C19H25N3OS. The molecule has 2 aromatic rings. The van der Waals surface area contributed by atoms with Gasteiger partial charge in [0.2, 0.25) is 5.91 Å². The van der Waals surface area contributed by atoms with Crippen LogP contribution in [0.3, 0.4) is 0 Å². The molecule has 2 saturated heterocycles.